The third-order valence-corrected chi connectivity index (χ3v) is 3.91. The molecule has 3 nitrogen and oxygen atoms in total. The third kappa shape index (κ3) is 2.86. The molecule has 0 aromatic carbocycles. The van der Waals surface area contributed by atoms with Gasteiger partial charge in [-0.05, 0) is 31.1 Å². The first-order valence-corrected chi connectivity index (χ1v) is 6.02. The number of carbonyl (C=O) groups excluding carboxylic acids is 1. The highest BCUT2D eigenvalue weighted by atomic mass is 16.2. The summed E-state index contributed by atoms with van der Waals surface area (Å²) in [6.45, 7) is 11.4. The molecule has 1 saturated heterocycles. The number of hydrogen-bond donors (Lipinski definition) is 1. The Kier molecular flexibility index (Phi) is 4.00. The molecule has 15 heavy (non-hydrogen) atoms. The summed E-state index contributed by atoms with van der Waals surface area (Å²) in [6, 6.07) is 0.100. The predicted octanol–water partition coefficient (Wildman–Crippen LogP) is 2.47. The summed E-state index contributed by atoms with van der Waals surface area (Å²) in [4.78, 5) is 13.5. The smallest absolute Gasteiger partial charge is 0.317 e. The van der Waals surface area contributed by atoms with E-state index in [0.29, 0.717) is 11.3 Å². The summed E-state index contributed by atoms with van der Waals surface area (Å²) in [5.74, 6) is 0.703. The number of carbonyl (C=O) groups is 1. The van der Waals surface area contributed by atoms with Crippen molar-refractivity contribution in [3.8, 4) is 0 Å². The van der Waals surface area contributed by atoms with E-state index in [9.17, 15) is 4.79 Å². The molecule has 0 aromatic rings. The van der Waals surface area contributed by atoms with Crippen LogP contribution in [0.3, 0.4) is 0 Å². The standard InChI is InChI=1S/C12H24N2O/c1-5-13-11(15)14-8-6-12(4,7-9-14)10(2)3/h10H,5-9H2,1-4H3,(H,13,15). The monoisotopic (exact) mass is 212 g/mol. The zero-order chi connectivity index (χ0) is 11.5. The van der Waals surface area contributed by atoms with Gasteiger partial charge in [0.2, 0.25) is 0 Å². The summed E-state index contributed by atoms with van der Waals surface area (Å²) in [7, 11) is 0. The van der Waals surface area contributed by atoms with E-state index in [4.69, 9.17) is 0 Å². The maximum atomic E-state index is 11.6. The molecule has 0 radical (unpaired) electrons. The lowest BCUT2D eigenvalue weighted by Crippen LogP contribution is -2.47. The molecule has 0 unspecified atom stereocenters. The maximum absolute atomic E-state index is 11.6. The second kappa shape index (κ2) is 4.86. The number of likely N-dealkylation sites (tertiary alicyclic amines) is 1. The molecule has 0 saturated carbocycles. The van der Waals surface area contributed by atoms with Crippen LogP contribution in [0.4, 0.5) is 4.79 Å². The van der Waals surface area contributed by atoms with E-state index in [-0.39, 0.29) is 6.03 Å². The number of nitrogens with one attached hydrogen (secondary N) is 1. The fourth-order valence-corrected chi connectivity index (χ4v) is 2.06. The van der Waals surface area contributed by atoms with Crippen molar-refractivity contribution in [3.63, 3.8) is 0 Å². The Hall–Kier alpha value is -0.730. The average molecular weight is 212 g/mol. The highest BCUT2D eigenvalue weighted by Crippen LogP contribution is 2.37. The van der Waals surface area contributed by atoms with Gasteiger partial charge in [-0.25, -0.2) is 4.79 Å². The zero-order valence-electron chi connectivity index (χ0n) is 10.5. The van der Waals surface area contributed by atoms with Crippen LogP contribution in [0.25, 0.3) is 0 Å². The van der Waals surface area contributed by atoms with Crippen molar-refractivity contribution in [2.24, 2.45) is 11.3 Å². The highest BCUT2D eigenvalue weighted by molar-refractivity contribution is 5.74. The maximum Gasteiger partial charge on any atom is 0.317 e. The number of amides is 2. The van der Waals surface area contributed by atoms with Crippen LogP contribution in [0.15, 0.2) is 0 Å². The third-order valence-electron chi connectivity index (χ3n) is 3.91. The van der Waals surface area contributed by atoms with E-state index in [2.05, 4.69) is 26.1 Å². The first-order chi connectivity index (χ1) is 6.99. The van der Waals surface area contributed by atoms with Crippen LogP contribution in [0.2, 0.25) is 0 Å². The molecular weight excluding hydrogens is 188 g/mol. The summed E-state index contributed by atoms with van der Waals surface area (Å²) >= 11 is 0. The van der Waals surface area contributed by atoms with E-state index >= 15 is 0 Å². The zero-order valence-corrected chi connectivity index (χ0v) is 10.5. The Labute approximate surface area is 93.2 Å². The molecule has 1 fully saturated rings. The number of piperidine rings is 1. The van der Waals surface area contributed by atoms with Gasteiger partial charge < -0.3 is 10.2 Å². The van der Waals surface area contributed by atoms with E-state index in [1.165, 1.54) is 0 Å². The summed E-state index contributed by atoms with van der Waals surface area (Å²) < 4.78 is 0. The number of nitrogens with zero attached hydrogens (tertiary/aromatic N) is 1. The lowest BCUT2D eigenvalue weighted by Gasteiger charge is -2.42. The molecule has 1 aliphatic heterocycles. The molecule has 3 heteroatoms. The number of hydrogen-bond acceptors (Lipinski definition) is 1. The van der Waals surface area contributed by atoms with E-state index in [1.54, 1.807) is 0 Å². The normalized spacial score (nSPS) is 20.5. The van der Waals surface area contributed by atoms with Crippen LogP contribution in [-0.4, -0.2) is 30.6 Å². The molecule has 0 aliphatic carbocycles. The van der Waals surface area contributed by atoms with Gasteiger partial charge in [-0.3, -0.25) is 0 Å². The van der Waals surface area contributed by atoms with Gasteiger partial charge in [-0.2, -0.15) is 0 Å². The van der Waals surface area contributed by atoms with Crippen LogP contribution < -0.4 is 5.32 Å². The topological polar surface area (TPSA) is 32.3 Å². The first kappa shape index (κ1) is 12.3. The fraction of sp³-hybridized carbons (Fsp3) is 0.917. The molecule has 1 N–H and O–H groups in total. The van der Waals surface area contributed by atoms with Crippen molar-refractivity contribution < 1.29 is 4.79 Å². The van der Waals surface area contributed by atoms with Gasteiger partial charge in [0.05, 0.1) is 0 Å². The largest absolute Gasteiger partial charge is 0.338 e. The molecule has 88 valence electrons. The van der Waals surface area contributed by atoms with Gasteiger partial charge in [0.1, 0.15) is 0 Å². The van der Waals surface area contributed by atoms with Crippen LogP contribution in [-0.2, 0) is 0 Å². The Morgan fingerprint density at radius 2 is 1.93 bits per heavy atom. The Morgan fingerprint density at radius 1 is 1.40 bits per heavy atom. The van der Waals surface area contributed by atoms with Crippen LogP contribution in [0, 0.1) is 11.3 Å². The van der Waals surface area contributed by atoms with E-state index < -0.39 is 0 Å². The van der Waals surface area contributed by atoms with Gasteiger partial charge in [0.15, 0.2) is 0 Å². The lowest BCUT2D eigenvalue weighted by atomic mass is 9.72. The average Bonchev–Trinajstić information content (AvgIpc) is 2.19. The van der Waals surface area contributed by atoms with Crippen LogP contribution in [0.1, 0.15) is 40.5 Å². The summed E-state index contributed by atoms with van der Waals surface area (Å²) in [5.41, 5.74) is 0.420. The molecule has 0 atom stereocenters. The summed E-state index contributed by atoms with van der Waals surface area (Å²) in [6.07, 6.45) is 2.25. The van der Waals surface area contributed by atoms with Crippen LogP contribution >= 0.6 is 0 Å². The molecule has 2 amide bonds. The minimum absolute atomic E-state index is 0.100. The predicted molar refractivity (Wildman–Crippen MR) is 62.8 cm³/mol. The molecule has 1 aliphatic rings. The van der Waals surface area contributed by atoms with Crippen molar-refractivity contribution in [2.45, 2.75) is 40.5 Å². The van der Waals surface area contributed by atoms with Gasteiger partial charge >= 0.3 is 6.03 Å². The van der Waals surface area contributed by atoms with Crippen molar-refractivity contribution in [1.82, 2.24) is 10.2 Å². The Bertz CT molecular complexity index is 218. The summed E-state index contributed by atoms with van der Waals surface area (Å²) in [5, 5.41) is 2.86. The molecule has 0 spiro atoms. The second-order valence-corrected chi connectivity index (χ2v) is 5.13. The SMILES string of the molecule is CCNC(=O)N1CCC(C)(C(C)C)CC1. The van der Waals surface area contributed by atoms with Gasteiger partial charge in [-0.15, -0.1) is 0 Å². The fourth-order valence-electron chi connectivity index (χ4n) is 2.06. The number of urea groups is 1. The highest BCUT2D eigenvalue weighted by Gasteiger charge is 2.33. The quantitative estimate of drug-likeness (QED) is 0.749. The van der Waals surface area contributed by atoms with E-state index in [1.807, 2.05) is 11.8 Å². The Balaban J connectivity index is 2.45. The molecule has 1 rings (SSSR count). The molecule has 1 heterocycles. The lowest BCUT2D eigenvalue weighted by molar-refractivity contribution is 0.0922. The molecule has 0 aromatic heterocycles. The van der Waals surface area contributed by atoms with Gasteiger partial charge in [0, 0.05) is 19.6 Å². The van der Waals surface area contributed by atoms with Crippen molar-refractivity contribution >= 4 is 6.03 Å². The van der Waals surface area contributed by atoms with Crippen molar-refractivity contribution in [1.29, 1.82) is 0 Å². The van der Waals surface area contributed by atoms with Crippen LogP contribution in [0.5, 0.6) is 0 Å². The Morgan fingerprint density at radius 3 is 2.33 bits per heavy atom. The minimum atomic E-state index is 0.100. The molecule has 0 bridgehead atoms. The molecular formula is C12H24N2O. The second-order valence-electron chi connectivity index (χ2n) is 5.13. The minimum Gasteiger partial charge on any atom is -0.338 e. The van der Waals surface area contributed by atoms with Crippen molar-refractivity contribution in [2.75, 3.05) is 19.6 Å². The van der Waals surface area contributed by atoms with Gasteiger partial charge in [0.25, 0.3) is 0 Å². The van der Waals surface area contributed by atoms with Gasteiger partial charge in [-0.1, -0.05) is 20.8 Å². The van der Waals surface area contributed by atoms with Crippen molar-refractivity contribution in [3.05, 3.63) is 0 Å². The number of rotatable bonds is 2. The van der Waals surface area contributed by atoms with E-state index in [0.717, 1.165) is 32.5 Å². The first-order valence-electron chi connectivity index (χ1n) is 6.02.